The van der Waals surface area contributed by atoms with Crippen LogP contribution < -0.4 is 15.2 Å². The smallest absolute Gasteiger partial charge is 0.161 e. The topological polar surface area (TPSA) is 64.7 Å². The van der Waals surface area contributed by atoms with E-state index in [1.165, 1.54) is 0 Å². The number of benzene rings is 2. The molecule has 0 aliphatic carbocycles. The molecule has 3 N–H and O–H groups in total. The standard InChI is InChI=1S/C15H16BrNO3/c1-19-15-7-10(8-18)3-5-14(15)20-9-11-2-4-12(16)13(17)6-11/h2-7,18H,8-9,17H2,1H3. The average molecular weight is 338 g/mol. The first-order valence-electron chi connectivity index (χ1n) is 6.08. The second kappa shape index (κ2) is 6.63. The van der Waals surface area contributed by atoms with E-state index in [-0.39, 0.29) is 6.61 Å². The zero-order valence-electron chi connectivity index (χ0n) is 11.1. The molecule has 0 heterocycles. The van der Waals surface area contributed by atoms with Gasteiger partial charge in [0.1, 0.15) is 6.61 Å². The van der Waals surface area contributed by atoms with Crippen molar-refractivity contribution >= 4 is 21.6 Å². The van der Waals surface area contributed by atoms with Crippen molar-refractivity contribution in [1.82, 2.24) is 0 Å². The monoisotopic (exact) mass is 337 g/mol. The van der Waals surface area contributed by atoms with E-state index in [1.807, 2.05) is 18.2 Å². The molecule has 2 aromatic rings. The Labute approximate surface area is 126 Å². The first-order chi connectivity index (χ1) is 9.63. The minimum absolute atomic E-state index is 0.0279. The van der Waals surface area contributed by atoms with Gasteiger partial charge in [0, 0.05) is 10.2 Å². The van der Waals surface area contributed by atoms with Crippen molar-refractivity contribution in [3.8, 4) is 11.5 Å². The van der Waals surface area contributed by atoms with Crippen LogP contribution in [0.3, 0.4) is 0 Å². The van der Waals surface area contributed by atoms with Gasteiger partial charge in [-0.1, -0.05) is 12.1 Å². The van der Waals surface area contributed by atoms with Crippen molar-refractivity contribution in [3.63, 3.8) is 0 Å². The SMILES string of the molecule is COc1cc(CO)ccc1OCc1ccc(Br)c(N)c1. The van der Waals surface area contributed by atoms with Crippen LogP contribution >= 0.6 is 15.9 Å². The van der Waals surface area contributed by atoms with E-state index in [0.29, 0.717) is 23.8 Å². The molecule has 0 fully saturated rings. The van der Waals surface area contributed by atoms with Gasteiger partial charge in [0.2, 0.25) is 0 Å². The molecule has 0 bridgehead atoms. The molecule has 20 heavy (non-hydrogen) atoms. The summed E-state index contributed by atoms with van der Waals surface area (Å²) in [7, 11) is 1.57. The number of nitrogens with two attached hydrogens (primary N) is 1. The fourth-order valence-corrected chi connectivity index (χ4v) is 2.02. The average Bonchev–Trinajstić information content (AvgIpc) is 2.48. The molecule has 0 radical (unpaired) electrons. The van der Waals surface area contributed by atoms with Crippen molar-refractivity contribution in [2.24, 2.45) is 0 Å². The largest absolute Gasteiger partial charge is 0.493 e. The lowest BCUT2D eigenvalue weighted by atomic mass is 10.2. The predicted octanol–water partition coefficient (Wildman–Crippen LogP) is 3.11. The maximum Gasteiger partial charge on any atom is 0.161 e. The molecule has 0 aromatic heterocycles. The highest BCUT2D eigenvalue weighted by Crippen LogP contribution is 2.29. The molecule has 0 saturated carbocycles. The number of methoxy groups -OCH3 is 1. The van der Waals surface area contributed by atoms with Gasteiger partial charge in [-0.3, -0.25) is 0 Å². The Bertz CT molecular complexity index is 602. The first-order valence-corrected chi connectivity index (χ1v) is 6.88. The molecule has 0 atom stereocenters. The molecule has 4 nitrogen and oxygen atoms in total. The van der Waals surface area contributed by atoms with E-state index < -0.39 is 0 Å². The lowest BCUT2D eigenvalue weighted by Gasteiger charge is -2.12. The van der Waals surface area contributed by atoms with Gasteiger partial charge >= 0.3 is 0 Å². The second-order valence-corrected chi connectivity index (χ2v) is 5.14. The van der Waals surface area contributed by atoms with Crippen LogP contribution in [0.5, 0.6) is 11.5 Å². The fraction of sp³-hybridized carbons (Fsp3) is 0.200. The minimum atomic E-state index is -0.0279. The Morgan fingerprint density at radius 1 is 1.10 bits per heavy atom. The maximum absolute atomic E-state index is 9.10. The van der Waals surface area contributed by atoms with Crippen LogP contribution in [0.4, 0.5) is 5.69 Å². The van der Waals surface area contributed by atoms with Crippen molar-refractivity contribution in [2.75, 3.05) is 12.8 Å². The van der Waals surface area contributed by atoms with Crippen LogP contribution in [0.25, 0.3) is 0 Å². The number of halogens is 1. The normalized spacial score (nSPS) is 10.3. The van der Waals surface area contributed by atoms with Crippen molar-refractivity contribution < 1.29 is 14.6 Å². The Morgan fingerprint density at radius 2 is 1.85 bits per heavy atom. The third-order valence-electron chi connectivity index (χ3n) is 2.87. The summed E-state index contributed by atoms with van der Waals surface area (Å²) in [4.78, 5) is 0. The molecular formula is C15H16BrNO3. The molecule has 2 aromatic carbocycles. The van der Waals surface area contributed by atoms with Crippen LogP contribution in [0, 0.1) is 0 Å². The number of aliphatic hydroxyl groups excluding tert-OH is 1. The molecule has 106 valence electrons. The number of rotatable bonds is 5. The Kier molecular flexibility index (Phi) is 4.87. The van der Waals surface area contributed by atoms with Gasteiger partial charge in [-0.05, 0) is 51.3 Å². The number of hydrogen-bond donors (Lipinski definition) is 2. The van der Waals surface area contributed by atoms with Crippen LogP contribution in [0.2, 0.25) is 0 Å². The van der Waals surface area contributed by atoms with Gasteiger partial charge < -0.3 is 20.3 Å². The second-order valence-electron chi connectivity index (χ2n) is 4.29. The maximum atomic E-state index is 9.10. The Morgan fingerprint density at radius 3 is 2.50 bits per heavy atom. The number of aliphatic hydroxyl groups is 1. The fourth-order valence-electron chi connectivity index (χ4n) is 1.77. The summed E-state index contributed by atoms with van der Waals surface area (Å²) in [5, 5.41) is 9.10. The zero-order valence-corrected chi connectivity index (χ0v) is 12.7. The number of nitrogen functional groups attached to an aromatic ring is 1. The third kappa shape index (κ3) is 3.43. The first kappa shape index (κ1) is 14.7. The van der Waals surface area contributed by atoms with Gasteiger partial charge in [-0.2, -0.15) is 0 Å². The summed E-state index contributed by atoms with van der Waals surface area (Å²) in [5.74, 6) is 1.23. The van der Waals surface area contributed by atoms with Crippen molar-refractivity contribution in [3.05, 3.63) is 52.0 Å². The minimum Gasteiger partial charge on any atom is -0.493 e. The van der Waals surface area contributed by atoms with Crippen LogP contribution in [-0.4, -0.2) is 12.2 Å². The molecule has 0 aliphatic heterocycles. The summed E-state index contributed by atoms with van der Waals surface area (Å²) < 4.78 is 11.8. The lowest BCUT2D eigenvalue weighted by Crippen LogP contribution is -1.99. The van der Waals surface area contributed by atoms with Gasteiger partial charge in [0.05, 0.1) is 13.7 Å². The Hall–Kier alpha value is -1.72. The highest BCUT2D eigenvalue weighted by atomic mass is 79.9. The van der Waals surface area contributed by atoms with Crippen LogP contribution in [-0.2, 0) is 13.2 Å². The number of ether oxygens (including phenoxy) is 2. The quantitative estimate of drug-likeness (QED) is 0.823. The molecule has 2 rings (SSSR count). The number of hydrogen-bond acceptors (Lipinski definition) is 4. The van der Waals surface area contributed by atoms with Gasteiger partial charge in [-0.15, -0.1) is 0 Å². The summed E-state index contributed by atoms with van der Waals surface area (Å²) in [6, 6.07) is 11.0. The molecule has 0 unspecified atom stereocenters. The summed E-state index contributed by atoms with van der Waals surface area (Å²) in [5.41, 5.74) is 8.25. The Balaban J connectivity index is 2.12. The summed E-state index contributed by atoms with van der Waals surface area (Å²) >= 11 is 3.35. The van der Waals surface area contributed by atoms with E-state index in [1.54, 1.807) is 25.3 Å². The van der Waals surface area contributed by atoms with E-state index in [9.17, 15) is 0 Å². The van der Waals surface area contributed by atoms with E-state index >= 15 is 0 Å². The van der Waals surface area contributed by atoms with Crippen molar-refractivity contribution in [2.45, 2.75) is 13.2 Å². The number of anilines is 1. The molecule has 0 spiro atoms. The zero-order chi connectivity index (χ0) is 14.5. The van der Waals surface area contributed by atoms with E-state index in [0.717, 1.165) is 15.6 Å². The molecular weight excluding hydrogens is 322 g/mol. The van der Waals surface area contributed by atoms with Gasteiger partial charge in [0.25, 0.3) is 0 Å². The molecule has 0 saturated heterocycles. The molecule has 5 heteroatoms. The van der Waals surface area contributed by atoms with E-state index in [2.05, 4.69) is 15.9 Å². The predicted molar refractivity (Wildman–Crippen MR) is 81.8 cm³/mol. The third-order valence-corrected chi connectivity index (χ3v) is 3.59. The van der Waals surface area contributed by atoms with Gasteiger partial charge in [0.15, 0.2) is 11.5 Å². The van der Waals surface area contributed by atoms with E-state index in [4.69, 9.17) is 20.3 Å². The highest BCUT2D eigenvalue weighted by molar-refractivity contribution is 9.10. The highest BCUT2D eigenvalue weighted by Gasteiger charge is 2.06. The summed E-state index contributed by atoms with van der Waals surface area (Å²) in [6.45, 7) is 0.367. The van der Waals surface area contributed by atoms with Crippen LogP contribution in [0.15, 0.2) is 40.9 Å². The van der Waals surface area contributed by atoms with Gasteiger partial charge in [-0.25, -0.2) is 0 Å². The molecule has 0 aliphatic rings. The lowest BCUT2D eigenvalue weighted by molar-refractivity contribution is 0.274. The summed E-state index contributed by atoms with van der Waals surface area (Å²) in [6.07, 6.45) is 0. The molecule has 0 amide bonds. The van der Waals surface area contributed by atoms with Crippen molar-refractivity contribution in [1.29, 1.82) is 0 Å². The van der Waals surface area contributed by atoms with Crippen LogP contribution in [0.1, 0.15) is 11.1 Å².